The summed E-state index contributed by atoms with van der Waals surface area (Å²) < 4.78 is 5.72. The van der Waals surface area contributed by atoms with Crippen LogP contribution < -0.4 is 0 Å². The molecule has 3 rings (SSSR count). The minimum absolute atomic E-state index is 0.645. The second kappa shape index (κ2) is 5.88. The molecule has 100 valence electrons. The van der Waals surface area contributed by atoms with E-state index in [0.29, 0.717) is 11.0 Å². The third-order valence-corrected chi connectivity index (χ3v) is 3.60. The van der Waals surface area contributed by atoms with Crippen LogP contribution in [0.1, 0.15) is 11.4 Å². The quantitative estimate of drug-likeness (QED) is 0.683. The summed E-state index contributed by atoms with van der Waals surface area (Å²) in [6, 6.07) is 9.94. The van der Waals surface area contributed by atoms with Gasteiger partial charge in [-0.05, 0) is 6.92 Å². The zero-order valence-electron chi connectivity index (χ0n) is 11.0. The number of nitrogens with zero attached hydrogens (tertiary/aromatic N) is 3. The van der Waals surface area contributed by atoms with Gasteiger partial charge in [0.2, 0.25) is 0 Å². The van der Waals surface area contributed by atoms with Gasteiger partial charge in [0, 0.05) is 23.7 Å². The van der Waals surface area contributed by atoms with E-state index in [0.717, 1.165) is 22.7 Å². The van der Waals surface area contributed by atoms with Gasteiger partial charge in [0.1, 0.15) is 0 Å². The highest BCUT2D eigenvalue weighted by Gasteiger charge is 2.07. The molecule has 0 aliphatic heterocycles. The Balaban J connectivity index is 1.67. The van der Waals surface area contributed by atoms with Crippen molar-refractivity contribution >= 4 is 11.8 Å². The zero-order chi connectivity index (χ0) is 13.8. The van der Waals surface area contributed by atoms with E-state index in [-0.39, 0.29) is 0 Å². The van der Waals surface area contributed by atoms with E-state index in [1.165, 1.54) is 11.8 Å². The first-order valence-electron chi connectivity index (χ1n) is 6.23. The molecule has 0 amide bonds. The molecule has 4 nitrogen and oxygen atoms in total. The van der Waals surface area contributed by atoms with Crippen molar-refractivity contribution in [1.82, 2.24) is 15.0 Å². The Kier molecular flexibility index (Phi) is 3.78. The smallest absolute Gasteiger partial charge is 0.256 e. The van der Waals surface area contributed by atoms with Gasteiger partial charge < -0.3 is 4.42 Å². The van der Waals surface area contributed by atoms with E-state index in [2.05, 4.69) is 15.0 Å². The summed E-state index contributed by atoms with van der Waals surface area (Å²) in [6.45, 7) is 1.92. The molecule has 0 atom stereocenters. The molecule has 3 aromatic rings. The first-order chi connectivity index (χ1) is 9.81. The summed E-state index contributed by atoms with van der Waals surface area (Å²) in [7, 11) is 0. The van der Waals surface area contributed by atoms with Crippen LogP contribution in [0.15, 0.2) is 58.6 Å². The Bertz CT molecular complexity index is 680. The Labute approximate surface area is 121 Å². The SMILES string of the molecule is Cc1cnc(CSc2ncc(-c3ccccc3)o2)cn1. The van der Waals surface area contributed by atoms with Crippen LogP contribution in [0.3, 0.4) is 0 Å². The predicted octanol–water partition coefficient (Wildman–Crippen LogP) is 3.73. The number of aryl methyl sites for hydroxylation is 1. The van der Waals surface area contributed by atoms with Gasteiger partial charge in [-0.15, -0.1) is 0 Å². The second-order valence-electron chi connectivity index (χ2n) is 4.29. The number of hydrogen-bond acceptors (Lipinski definition) is 5. The number of benzene rings is 1. The first kappa shape index (κ1) is 12.9. The fraction of sp³-hybridized carbons (Fsp3) is 0.133. The van der Waals surface area contributed by atoms with Crippen molar-refractivity contribution in [3.8, 4) is 11.3 Å². The molecule has 0 aliphatic rings. The van der Waals surface area contributed by atoms with E-state index in [4.69, 9.17) is 4.42 Å². The van der Waals surface area contributed by atoms with Crippen LogP contribution in [0.2, 0.25) is 0 Å². The molecule has 0 aliphatic carbocycles. The maximum absolute atomic E-state index is 5.72. The highest BCUT2D eigenvalue weighted by atomic mass is 32.2. The van der Waals surface area contributed by atoms with E-state index in [1.54, 1.807) is 18.6 Å². The van der Waals surface area contributed by atoms with Crippen LogP contribution in [0.4, 0.5) is 0 Å². The number of rotatable bonds is 4. The summed E-state index contributed by atoms with van der Waals surface area (Å²) in [5.41, 5.74) is 2.86. The van der Waals surface area contributed by atoms with Gasteiger partial charge in [0.25, 0.3) is 5.22 Å². The summed E-state index contributed by atoms with van der Waals surface area (Å²) in [6.07, 6.45) is 5.29. The van der Waals surface area contributed by atoms with Crippen molar-refractivity contribution in [3.05, 3.63) is 60.3 Å². The molecule has 0 N–H and O–H groups in total. The second-order valence-corrected chi connectivity index (χ2v) is 5.22. The predicted molar refractivity (Wildman–Crippen MR) is 78.3 cm³/mol. The highest BCUT2D eigenvalue weighted by Crippen LogP contribution is 2.26. The number of aromatic nitrogens is 3. The van der Waals surface area contributed by atoms with Crippen molar-refractivity contribution < 1.29 is 4.42 Å². The molecule has 0 radical (unpaired) electrons. The molecule has 0 bridgehead atoms. The van der Waals surface area contributed by atoms with Crippen LogP contribution in [0.5, 0.6) is 0 Å². The Morgan fingerprint density at radius 2 is 1.85 bits per heavy atom. The number of thioether (sulfide) groups is 1. The van der Waals surface area contributed by atoms with Gasteiger partial charge in [-0.3, -0.25) is 9.97 Å². The lowest BCUT2D eigenvalue weighted by Crippen LogP contribution is -1.90. The molecule has 5 heteroatoms. The van der Waals surface area contributed by atoms with Crippen molar-refractivity contribution in [2.24, 2.45) is 0 Å². The molecule has 2 aromatic heterocycles. The number of oxazole rings is 1. The van der Waals surface area contributed by atoms with Crippen molar-refractivity contribution in [3.63, 3.8) is 0 Å². The van der Waals surface area contributed by atoms with Crippen molar-refractivity contribution in [2.45, 2.75) is 17.9 Å². The van der Waals surface area contributed by atoms with Crippen LogP contribution in [0.25, 0.3) is 11.3 Å². The van der Waals surface area contributed by atoms with E-state index >= 15 is 0 Å². The van der Waals surface area contributed by atoms with Crippen molar-refractivity contribution in [2.75, 3.05) is 0 Å². The molecule has 1 aromatic carbocycles. The first-order valence-corrected chi connectivity index (χ1v) is 7.21. The lowest BCUT2D eigenvalue weighted by atomic mass is 10.2. The highest BCUT2D eigenvalue weighted by molar-refractivity contribution is 7.98. The third kappa shape index (κ3) is 3.05. The van der Waals surface area contributed by atoms with E-state index in [1.807, 2.05) is 37.3 Å². The van der Waals surface area contributed by atoms with Gasteiger partial charge in [0.05, 0.1) is 17.6 Å². The van der Waals surface area contributed by atoms with Crippen LogP contribution in [0, 0.1) is 6.92 Å². The molecule has 0 spiro atoms. The summed E-state index contributed by atoms with van der Waals surface area (Å²) >= 11 is 1.51. The van der Waals surface area contributed by atoms with Crippen molar-refractivity contribution in [1.29, 1.82) is 0 Å². The molecule has 20 heavy (non-hydrogen) atoms. The Morgan fingerprint density at radius 3 is 2.60 bits per heavy atom. The maximum Gasteiger partial charge on any atom is 0.256 e. The van der Waals surface area contributed by atoms with Crippen LogP contribution >= 0.6 is 11.8 Å². The van der Waals surface area contributed by atoms with Gasteiger partial charge in [-0.25, -0.2) is 4.98 Å². The zero-order valence-corrected chi connectivity index (χ0v) is 11.8. The summed E-state index contributed by atoms with van der Waals surface area (Å²) in [4.78, 5) is 12.8. The normalized spacial score (nSPS) is 10.7. The number of hydrogen-bond donors (Lipinski definition) is 0. The van der Waals surface area contributed by atoms with Crippen LogP contribution in [-0.4, -0.2) is 15.0 Å². The molecule has 2 heterocycles. The fourth-order valence-electron chi connectivity index (χ4n) is 1.69. The van der Waals surface area contributed by atoms with Crippen LogP contribution in [-0.2, 0) is 5.75 Å². The minimum atomic E-state index is 0.645. The van der Waals surface area contributed by atoms with Gasteiger partial charge in [-0.2, -0.15) is 0 Å². The summed E-state index contributed by atoms with van der Waals surface area (Å²) in [5, 5.41) is 0.645. The molecule has 0 saturated heterocycles. The maximum atomic E-state index is 5.72. The Hall–Kier alpha value is -2.14. The average Bonchev–Trinajstić information content (AvgIpc) is 2.97. The largest absolute Gasteiger partial charge is 0.431 e. The third-order valence-electron chi connectivity index (χ3n) is 2.72. The summed E-state index contributed by atoms with van der Waals surface area (Å²) in [5.74, 6) is 1.48. The fourth-order valence-corrected chi connectivity index (χ4v) is 2.39. The minimum Gasteiger partial charge on any atom is -0.431 e. The topological polar surface area (TPSA) is 51.8 Å². The molecule has 0 saturated carbocycles. The molecular weight excluding hydrogens is 270 g/mol. The van der Waals surface area contributed by atoms with Gasteiger partial charge in [-0.1, -0.05) is 42.1 Å². The molecular formula is C15H13N3OS. The van der Waals surface area contributed by atoms with E-state index in [9.17, 15) is 0 Å². The van der Waals surface area contributed by atoms with E-state index < -0.39 is 0 Å². The monoisotopic (exact) mass is 283 g/mol. The lowest BCUT2D eigenvalue weighted by Gasteiger charge is -1.98. The Morgan fingerprint density at radius 1 is 1.00 bits per heavy atom. The average molecular weight is 283 g/mol. The molecule has 0 fully saturated rings. The van der Waals surface area contributed by atoms with Gasteiger partial charge >= 0.3 is 0 Å². The lowest BCUT2D eigenvalue weighted by molar-refractivity contribution is 0.466. The molecule has 0 unspecified atom stereocenters. The standard InChI is InChI=1S/C15H13N3OS/c1-11-7-17-13(8-16-11)10-20-15-18-9-14(19-15)12-5-3-2-4-6-12/h2-9H,10H2,1H3. The van der Waals surface area contributed by atoms with Gasteiger partial charge in [0.15, 0.2) is 5.76 Å².